The summed E-state index contributed by atoms with van der Waals surface area (Å²) in [6.45, 7) is 0.533. The summed E-state index contributed by atoms with van der Waals surface area (Å²) in [5.41, 5.74) is 3.38. The maximum atomic E-state index is 12.8. The van der Waals surface area contributed by atoms with Crippen LogP contribution in [0.4, 0.5) is 0 Å². The summed E-state index contributed by atoms with van der Waals surface area (Å²) >= 11 is 0. The number of amides is 3. The summed E-state index contributed by atoms with van der Waals surface area (Å²) in [6, 6.07) is 10.1. The average molecular weight is 421 g/mol. The molecule has 1 aromatic heterocycles. The fourth-order valence-electron chi connectivity index (χ4n) is 5.43. The van der Waals surface area contributed by atoms with Gasteiger partial charge in [-0.2, -0.15) is 5.10 Å². The molecule has 3 aliphatic rings. The summed E-state index contributed by atoms with van der Waals surface area (Å²) in [7, 11) is 0. The Morgan fingerprint density at radius 2 is 1.71 bits per heavy atom. The van der Waals surface area contributed by atoms with E-state index in [0.29, 0.717) is 6.54 Å². The van der Waals surface area contributed by atoms with Gasteiger partial charge in [-0.25, -0.2) is 0 Å². The summed E-state index contributed by atoms with van der Waals surface area (Å²) in [5, 5.41) is 7.64. The van der Waals surface area contributed by atoms with Gasteiger partial charge in [0.05, 0.1) is 30.6 Å². The average Bonchev–Trinajstić information content (AvgIpc) is 3.30. The molecule has 7 nitrogen and oxygen atoms in total. The Morgan fingerprint density at radius 1 is 1.00 bits per heavy atom. The molecule has 2 aliphatic carbocycles. The van der Waals surface area contributed by atoms with Crippen LogP contribution in [-0.4, -0.2) is 38.9 Å². The first-order chi connectivity index (χ1) is 15.1. The molecule has 0 spiro atoms. The highest BCUT2D eigenvalue weighted by molar-refractivity contribution is 6.07. The van der Waals surface area contributed by atoms with Crippen LogP contribution >= 0.6 is 0 Å². The van der Waals surface area contributed by atoms with Crippen LogP contribution < -0.4 is 5.32 Å². The van der Waals surface area contributed by atoms with Crippen molar-refractivity contribution in [1.82, 2.24) is 20.0 Å². The molecule has 5 rings (SSSR count). The minimum absolute atomic E-state index is 0.129. The fraction of sp³-hybridized carbons (Fsp3) is 0.500. The van der Waals surface area contributed by atoms with Gasteiger partial charge >= 0.3 is 0 Å². The Balaban J connectivity index is 1.26. The van der Waals surface area contributed by atoms with Crippen molar-refractivity contribution in [3.8, 4) is 0 Å². The predicted octanol–water partition coefficient (Wildman–Crippen LogP) is 2.60. The number of carbonyl (C=O) groups excluding carboxylic acids is 3. The van der Waals surface area contributed by atoms with Crippen LogP contribution in [0.25, 0.3) is 0 Å². The molecule has 7 heteroatoms. The molecule has 1 N–H and O–H groups in total. The molecular weight excluding hydrogens is 392 g/mol. The number of nitrogens with zero attached hydrogens (tertiary/aromatic N) is 3. The number of imide groups is 1. The molecule has 2 fully saturated rings. The maximum Gasteiger partial charge on any atom is 0.240 e. The number of aromatic nitrogens is 2. The zero-order valence-corrected chi connectivity index (χ0v) is 17.6. The zero-order chi connectivity index (χ0) is 21.4. The predicted molar refractivity (Wildman–Crippen MR) is 114 cm³/mol. The van der Waals surface area contributed by atoms with Gasteiger partial charge in [-0.15, -0.1) is 0 Å². The molecule has 31 heavy (non-hydrogen) atoms. The molecular formula is C24H28N4O3. The van der Waals surface area contributed by atoms with Crippen LogP contribution in [-0.2, 0) is 27.3 Å². The van der Waals surface area contributed by atoms with Crippen molar-refractivity contribution in [3.05, 3.63) is 53.3 Å². The van der Waals surface area contributed by atoms with Gasteiger partial charge in [0.15, 0.2) is 0 Å². The SMILES string of the molecule is O=C(CN1C(=O)C2CCCCC2C1=O)NC1CCCc2c1cnn2Cc1ccccc1. The monoisotopic (exact) mass is 420 g/mol. The van der Waals surface area contributed by atoms with Crippen LogP contribution in [0.5, 0.6) is 0 Å². The van der Waals surface area contributed by atoms with Crippen molar-refractivity contribution < 1.29 is 14.4 Å². The molecule has 2 heterocycles. The second-order valence-corrected chi connectivity index (χ2v) is 8.96. The van der Waals surface area contributed by atoms with E-state index in [0.717, 1.165) is 56.2 Å². The van der Waals surface area contributed by atoms with Gasteiger partial charge in [0, 0.05) is 11.3 Å². The number of fused-ring (bicyclic) bond motifs is 2. The summed E-state index contributed by atoms with van der Waals surface area (Å²) in [4.78, 5) is 39.3. The smallest absolute Gasteiger partial charge is 0.240 e. The molecule has 162 valence electrons. The van der Waals surface area contributed by atoms with Gasteiger partial charge in [0.2, 0.25) is 17.7 Å². The number of likely N-dealkylation sites (tertiary alicyclic amines) is 1. The Labute approximate surface area is 181 Å². The number of carbonyl (C=O) groups is 3. The van der Waals surface area contributed by atoms with Gasteiger partial charge in [-0.05, 0) is 37.7 Å². The Hall–Kier alpha value is -2.96. The lowest BCUT2D eigenvalue weighted by atomic mass is 9.81. The van der Waals surface area contributed by atoms with Crippen LogP contribution in [0.15, 0.2) is 36.5 Å². The van der Waals surface area contributed by atoms with E-state index in [4.69, 9.17) is 0 Å². The Kier molecular flexibility index (Phi) is 5.34. The van der Waals surface area contributed by atoms with E-state index in [-0.39, 0.29) is 42.1 Å². The lowest BCUT2D eigenvalue weighted by Crippen LogP contribution is -2.42. The second kappa shape index (κ2) is 8.29. The van der Waals surface area contributed by atoms with E-state index < -0.39 is 0 Å². The third-order valence-corrected chi connectivity index (χ3v) is 7.01. The van der Waals surface area contributed by atoms with Gasteiger partial charge in [-0.3, -0.25) is 24.0 Å². The van der Waals surface area contributed by atoms with Crippen LogP contribution in [0.2, 0.25) is 0 Å². The first-order valence-electron chi connectivity index (χ1n) is 11.3. The summed E-state index contributed by atoms with van der Waals surface area (Å²) in [6.07, 6.45) is 8.08. The van der Waals surface area contributed by atoms with Gasteiger partial charge in [0.25, 0.3) is 0 Å². The highest BCUT2D eigenvalue weighted by Gasteiger charge is 2.48. The van der Waals surface area contributed by atoms with Crippen molar-refractivity contribution in [1.29, 1.82) is 0 Å². The van der Waals surface area contributed by atoms with Gasteiger partial charge < -0.3 is 5.32 Å². The van der Waals surface area contributed by atoms with Crippen LogP contribution in [0.1, 0.15) is 61.4 Å². The quantitative estimate of drug-likeness (QED) is 0.754. The molecule has 3 amide bonds. The van der Waals surface area contributed by atoms with Crippen molar-refractivity contribution in [2.75, 3.05) is 6.54 Å². The summed E-state index contributed by atoms with van der Waals surface area (Å²) < 4.78 is 2.02. The van der Waals surface area contributed by atoms with Crippen molar-refractivity contribution in [3.63, 3.8) is 0 Å². The van der Waals surface area contributed by atoms with Gasteiger partial charge in [0.1, 0.15) is 6.54 Å². The van der Waals surface area contributed by atoms with Gasteiger partial charge in [-0.1, -0.05) is 43.2 Å². The van der Waals surface area contributed by atoms with Crippen molar-refractivity contribution in [2.45, 2.75) is 57.5 Å². The van der Waals surface area contributed by atoms with Crippen LogP contribution in [0.3, 0.4) is 0 Å². The third-order valence-electron chi connectivity index (χ3n) is 7.01. The molecule has 1 aromatic carbocycles. The first kappa shape index (κ1) is 20.0. The van der Waals surface area contributed by atoms with E-state index in [1.165, 1.54) is 10.5 Å². The number of rotatable bonds is 5. The highest BCUT2D eigenvalue weighted by atomic mass is 16.2. The standard InChI is InChI=1S/C24H28N4O3/c29-22(15-27-23(30)17-9-4-5-10-18(17)24(27)31)26-20-11-6-12-21-19(20)13-25-28(21)14-16-7-2-1-3-8-16/h1-3,7-8,13,17-18,20H,4-6,9-12,14-15H2,(H,26,29). The minimum atomic E-state index is -0.269. The molecule has 0 bridgehead atoms. The molecule has 3 atom stereocenters. The normalized spacial score (nSPS) is 25.3. The maximum absolute atomic E-state index is 12.8. The molecule has 1 aliphatic heterocycles. The molecule has 1 saturated heterocycles. The zero-order valence-electron chi connectivity index (χ0n) is 17.6. The second-order valence-electron chi connectivity index (χ2n) is 8.96. The minimum Gasteiger partial charge on any atom is -0.348 e. The molecule has 0 radical (unpaired) electrons. The van der Waals surface area contributed by atoms with E-state index in [1.54, 1.807) is 0 Å². The van der Waals surface area contributed by atoms with E-state index in [9.17, 15) is 14.4 Å². The van der Waals surface area contributed by atoms with Crippen LogP contribution in [0, 0.1) is 11.8 Å². The highest BCUT2D eigenvalue weighted by Crippen LogP contribution is 2.38. The number of hydrogen-bond donors (Lipinski definition) is 1. The molecule has 3 unspecified atom stereocenters. The lowest BCUT2D eigenvalue weighted by Gasteiger charge is -2.25. The van der Waals surface area contributed by atoms with Crippen molar-refractivity contribution in [2.24, 2.45) is 11.8 Å². The van der Waals surface area contributed by atoms with E-state index in [2.05, 4.69) is 22.5 Å². The molecule has 2 aromatic rings. The fourth-order valence-corrected chi connectivity index (χ4v) is 5.43. The number of benzene rings is 1. The lowest BCUT2D eigenvalue weighted by molar-refractivity contribution is -0.143. The van der Waals surface area contributed by atoms with Crippen molar-refractivity contribution >= 4 is 17.7 Å². The third kappa shape index (κ3) is 3.77. The van der Waals surface area contributed by atoms with E-state index >= 15 is 0 Å². The topological polar surface area (TPSA) is 84.3 Å². The Morgan fingerprint density at radius 3 is 2.42 bits per heavy atom. The number of nitrogens with one attached hydrogen (secondary N) is 1. The first-order valence-corrected chi connectivity index (χ1v) is 11.3. The Bertz CT molecular complexity index is 976. The summed E-state index contributed by atoms with van der Waals surface area (Å²) in [5.74, 6) is -1.03. The van der Waals surface area contributed by atoms with E-state index in [1.807, 2.05) is 29.1 Å². The molecule has 1 saturated carbocycles. The number of hydrogen-bond acceptors (Lipinski definition) is 4. The largest absolute Gasteiger partial charge is 0.348 e.